The maximum atomic E-state index is 12.5. The summed E-state index contributed by atoms with van der Waals surface area (Å²) < 4.78 is 6.83. The van der Waals surface area contributed by atoms with Crippen LogP contribution in [-0.2, 0) is 9.53 Å². The zero-order chi connectivity index (χ0) is 19.3. The first-order valence-corrected chi connectivity index (χ1v) is 8.78. The van der Waals surface area contributed by atoms with Crippen LogP contribution in [0, 0.1) is 10.1 Å². The van der Waals surface area contributed by atoms with Crippen molar-refractivity contribution in [3.63, 3.8) is 0 Å². The van der Waals surface area contributed by atoms with Gasteiger partial charge >= 0.3 is 5.97 Å². The number of carbonyl (C=O) groups is 1. The van der Waals surface area contributed by atoms with E-state index in [1.54, 1.807) is 0 Å². The molecule has 0 aliphatic carbocycles. The van der Waals surface area contributed by atoms with Crippen molar-refractivity contribution >= 4 is 5.97 Å². The van der Waals surface area contributed by atoms with Crippen molar-refractivity contribution in [1.29, 1.82) is 0 Å². The Balaban J connectivity index is 0.000000552. The van der Waals surface area contributed by atoms with Crippen LogP contribution in [0.2, 0.25) is 0 Å². The fraction of sp³-hybridized carbons (Fsp3) is 0.611. The minimum absolute atomic E-state index is 0.00825. The molecule has 0 amide bonds. The Labute approximate surface area is 152 Å². The normalized spacial score (nSPS) is 27.0. The Hall–Kier alpha value is -2.19. The molecule has 2 saturated heterocycles. The highest BCUT2D eigenvalue weighted by atomic mass is 16.9. The lowest BCUT2D eigenvalue weighted by molar-refractivity contribution is -0.931. The second-order valence-electron chi connectivity index (χ2n) is 7.43. The highest BCUT2D eigenvalue weighted by Crippen LogP contribution is 2.40. The van der Waals surface area contributed by atoms with E-state index in [1.807, 2.05) is 30.3 Å². The van der Waals surface area contributed by atoms with Gasteiger partial charge in [-0.05, 0) is 5.56 Å². The summed E-state index contributed by atoms with van der Waals surface area (Å²) in [6.07, 6.45) is 4.36. The van der Waals surface area contributed by atoms with Gasteiger partial charge in [-0.25, -0.2) is 0 Å². The molecule has 3 unspecified atom stereocenters. The fourth-order valence-electron chi connectivity index (χ4n) is 4.17. The van der Waals surface area contributed by atoms with Crippen molar-refractivity contribution in [3.8, 4) is 0 Å². The molecule has 3 rings (SSSR count). The number of aliphatic hydroxyl groups is 1. The Kier molecular flexibility index (Phi) is 6.55. The smallest absolute Gasteiger partial charge is 0.316 e. The van der Waals surface area contributed by atoms with E-state index < -0.39 is 11.0 Å². The maximum Gasteiger partial charge on any atom is 0.316 e. The van der Waals surface area contributed by atoms with Crippen LogP contribution >= 0.6 is 0 Å². The molecule has 26 heavy (non-hydrogen) atoms. The standard InChI is InChI=1S/C18H26NO3.HNO3/c1-19(2)14-8-9-15(19)11-16(10-14)22-18(21)17(12-20)13-6-4-3-5-7-13;2-1(3)4/h3-7,14-17,20H,8-12H2,1-2H3;(H,2,3,4)/q+1;/t14-,15?,16?,17?;/m0./s1. The van der Waals surface area contributed by atoms with Gasteiger partial charge in [-0.2, -0.15) is 0 Å². The Morgan fingerprint density at radius 2 is 1.77 bits per heavy atom. The average molecular weight is 367 g/mol. The van der Waals surface area contributed by atoms with Crippen LogP contribution in [0.25, 0.3) is 0 Å². The number of carbonyl (C=O) groups excluding carboxylic acids is 1. The molecule has 0 spiro atoms. The molecule has 8 nitrogen and oxygen atoms in total. The zero-order valence-corrected chi connectivity index (χ0v) is 15.2. The molecule has 2 fully saturated rings. The van der Waals surface area contributed by atoms with Gasteiger partial charge in [0.15, 0.2) is 0 Å². The van der Waals surface area contributed by atoms with Gasteiger partial charge in [0.25, 0.3) is 5.09 Å². The van der Waals surface area contributed by atoms with E-state index in [2.05, 4.69) is 14.1 Å². The van der Waals surface area contributed by atoms with Gasteiger partial charge in [0.05, 0.1) is 32.8 Å². The number of nitrogens with zero attached hydrogens (tertiary/aromatic N) is 2. The minimum Gasteiger partial charge on any atom is -0.461 e. The first-order valence-electron chi connectivity index (χ1n) is 8.78. The number of fused-ring (bicyclic) bond motifs is 2. The fourth-order valence-corrected chi connectivity index (χ4v) is 4.17. The van der Waals surface area contributed by atoms with Crippen molar-refractivity contribution in [2.24, 2.45) is 0 Å². The topological polar surface area (TPSA) is 110 Å². The van der Waals surface area contributed by atoms with Gasteiger partial charge in [-0.1, -0.05) is 30.3 Å². The molecule has 1 aromatic rings. The summed E-state index contributed by atoms with van der Waals surface area (Å²) in [4.78, 5) is 20.8. The number of rotatable bonds is 4. The molecule has 144 valence electrons. The lowest BCUT2D eigenvalue weighted by Crippen LogP contribution is -2.56. The number of piperidine rings is 1. The quantitative estimate of drug-likeness (QED) is 0.363. The minimum atomic E-state index is -1.50. The van der Waals surface area contributed by atoms with E-state index in [4.69, 9.17) is 20.1 Å². The Bertz CT molecular complexity index is 601. The molecule has 2 aliphatic heterocycles. The number of benzene rings is 1. The van der Waals surface area contributed by atoms with Crippen molar-refractivity contribution in [3.05, 3.63) is 46.0 Å². The molecule has 0 saturated carbocycles. The van der Waals surface area contributed by atoms with E-state index >= 15 is 0 Å². The van der Waals surface area contributed by atoms with Crippen LogP contribution in [0.5, 0.6) is 0 Å². The molecule has 2 heterocycles. The summed E-state index contributed by atoms with van der Waals surface area (Å²) in [5.74, 6) is -0.853. The second-order valence-corrected chi connectivity index (χ2v) is 7.43. The Morgan fingerprint density at radius 1 is 1.27 bits per heavy atom. The lowest BCUT2D eigenvalue weighted by atomic mass is 9.96. The monoisotopic (exact) mass is 367 g/mol. The number of esters is 1. The molecule has 8 heteroatoms. The first kappa shape index (κ1) is 20.1. The maximum absolute atomic E-state index is 12.5. The second kappa shape index (κ2) is 8.46. The van der Waals surface area contributed by atoms with Crippen LogP contribution in [0.1, 0.15) is 37.2 Å². The summed E-state index contributed by atoms with van der Waals surface area (Å²) in [5.41, 5.74) is 0.824. The number of aliphatic hydroxyl groups excluding tert-OH is 1. The molecule has 0 aromatic heterocycles. The van der Waals surface area contributed by atoms with Crippen molar-refractivity contribution in [1.82, 2.24) is 0 Å². The Morgan fingerprint density at radius 3 is 2.23 bits per heavy atom. The van der Waals surface area contributed by atoms with Gasteiger partial charge in [0.1, 0.15) is 12.0 Å². The molecule has 1 aromatic carbocycles. The van der Waals surface area contributed by atoms with Crippen LogP contribution in [0.4, 0.5) is 0 Å². The third-order valence-electron chi connectivity index (χ3n) is 5.74. The van der Waals surface area contributed by atoms with Gasteiger partial charge in [-0.3, -0.25) is 4.79 Å². The van der Waals surface area contributed by atoms with Crippen LogP contribution in [0.3, 0.4) is 0 Å². The lowest BCUT2D eigenvalue weighted by Gasteiger charge is -2.44. The molecule has 0 radical (unpaired) electrons. The van der Waals surface area contributed by atoms with Gasteiger partial charge in [0, 0.05) is 25.7 Å². The van der Waals surface area contributed by atoms with Crippen LogP contribution in [0.15, 0.2) is 30.3 Å². The summed E-state index contributed by atoms with van der Waals surface area (Å²) in [6, 6.07) is 10.6. The number of hydrogen-bond donors (Lipinski definition) is 2. The molecular weight excluding hydrogens is 340 g/mol. The number of quaternary nitrogens is 1. The largest absolute Gasteiger partial charge is 0.461 e. The third kappa shape index (κ3) is 4.70. The molecular formula is C18H27N2O6+. The summed E-state index contributed by atoms with van der Waals surface area (Å²) >= 11 is 0. The van der Waals surface area contributed by atoms with Crippen LogP contribution in [-0.4, -0.2) is 64.7 Å². The first-order chi connectivity index (χ1) is 12.3. The predicted octanol–water partition coefficient (Wildman–Crippen LogP) is 1.73. The SMILES string of the molecule is C[N+]1(C)C2CC[C@H]1CC(OC(=O)C(CO)c1ccccc1)C2.O=[N+]([O-])O. The predicted molar refractivity (Wildman–Crippen MR) is 93.1 cm³/mol. The third-order valence-corrected chi connectivity index (χ3v) is 5.74. The number of ether oxygens (including phenoxy) is 1. The van der Waals surface area contributed by atoms with E-state index in [1.165, 1.54) is 12.8 Å². The van der Waals surface area contributed by atoms with E-state index in [0.29, 0.717) is 12.1 Å². The molecule has 2 aliphatic rings. The average Bonchev–Trinajstić information content (AvgIpc) is 2.75. The van der Waals surface area contributed by atoms with Gasteiger partial charge in [0.2, 0.25) is 0 Å². The highest BCUT2D eigenvalue weighted by molar-refractivity contribution is 5.78. The van der Waals surface area contributed by atoms with E-state index in [0.717, 1.165) is 22.9 Å². The number of hydrogen-bond acceptors (Lipinski definition) is 5. The van der Waals surface area contributed by atoms with Crippen molar-refractivity contribution in [2.75, 3.05) is 20.7 Å². The van der Waals surface area contributed by atoms with Crippen molar-refractivity contribution < 1.29 is 29.4 Å². The summed E-state index contributed by atoms with van der Waals surface area (Å²) in [7, 11) is 4.59. The van der Waals surface area contributed by atoms with Crippen LogP contribution < -0.4 is 0 Å². The summed E-state index contributed by atoms with van der Waals surface area (Å²) in [5, 5.41) is 23.2. The molecule has 4 atom stereocenters. The molecule has 2 N–H and O–H groups in total. The van der Waals surface area contributed by atoms with Gasteiger partial charge in [-0.15, -0.1) is 10.1 Å². The highest BCUT2D eigenvalue weighted by Gasteiger charge is 2.50. The van der Waals surface area contributed by atoms with Crippen molar-refractivity contribution in [2.45, 2.75) is 49.8 Å². The van der Waals surface area contributed by atoms with E-state index in [9.17, 15) is 9.90 Å². The van der Waals surface area contributed by atoms with Gasteiger partial charge < -0.3 is 19.5 Å². The molecule has 2 bridgehead atoms. The zero-order valence-electron chi connectivity index (χ0n) is 15.2. The van der Waals surface area contributed by atoms with E-state index in [-0.39, 0.29) is 18.7 Å². The summed E-state index contributed by atoms with van der Waals surface area (Å²) in [6.45, 7) is -0.204.